The van der Waals surface area contributed by atoms with Crippen molar-refractivity contribution in [3.05, 3.63) is 52.5 Å². The molecular weight excluding hydrogens is 276 g/mol. The average molecular weight is 291 g/mol. The highest BCUT2D eigenvalue weighted by Crippen LogP contribution is 2.29. The van der Waals surface area contributed by atoms with Crippen LogP contribution in [0.2, 0.25) is 5.02 Å². The Morgan fingerprint density at radius 2 is 1.90 bits per heavy atom. The van der Waals surface area contributed by atoms with E-state index in [0.717, 1.165) is 11.3 Å². The van der Waals surface area contributed by atoms with Gasteiger partial charge in [-0.2, -0.15) is 0 Å². The van der Waals surface area contributed by atoms with Crippen LogP contribution in [0.25, 0.3) is 0 Å². The zero-order chi connectivity index (χ0) is 14.7. The zero-order valence-corrected chi connectivity index (χ0v) is 12.0. The minimum absolute atomic E-state index is 0.408. The maximum atomic E-state index is 11.4. The van der Waals surface area contributed by atoms with E-state index in [-0.39, 0.29) is 0 Å². The molecule has 3 N–H and O–H groups in total. The van der Waals surface area contributed by atoms with Crippen LogP contribution < -0.4 is 11.1 Å². The number of benzene rings is 2. The summed E-state index contributed by atoms with van der Waals surface area (Å²) in [5.74, 6) is -0.420. The topological polar surface area (TPSA) is 64.3 Å². The number of nitrogens with one attached hydrogen (secondary N) is 1. The number of rotatable bonds is 3. The van der Waals surface area contributed by atoms with Crippen LogP contribution in [-0.4, -0.2) is 13.1 Å². The fraction of sp³-hybridized carbons (Fsp3) is 0.133. The number of ether oxygens (including phenoxy) is 1. The van der Waals surface area contributed by atoms with Gasteiger partial charge < -0.3 is 15.8 Å². The Hall–Kier alpha value is -2.20. The van der Waals surface area contributed by atoms with E-state index in [2.05, 4.69) is 10.1 Å². The second kappa shape index (κ2) is 5.84. The first-order valence-corrected chi connectivity index (χ1v) is 6.40. The van der Waals surface area contributed by atoms with Crippen LogP contribution in [0.3, 0.4) is 0 Å². The largest absolute Gasteiger partial charge is 0.465 e. The first-order chi connectivity index (χ1) is 9.51. The number of aryl methyl sites for hydroxylation is 1. The number of anilines is 3. The van der Waals surface area contributed by atoms with Gasteiger partial charge in [0.15, 0.2) is 0 Å². The van der Waals surface area contributed by atoms with E-state index < -0.39 is 5.97 Å². The van der Waals surface area contributed by atoms with Crippen LogP contribution in [0, 0.1) is 6.92 Å². The van der Waals surface area contributed by atoms with Crippen molar-refractivity contribution in [1.29, 1.82) is 0 Å². The number of carbonyl (C=O) groups is 1. The van der Waals surface area contributed by atoms with Crippen LogP contribution in [0.4, 0.5) is 17.1 Å². The van der Waals surface area contributed by atoms with Crippen molar-refractivity contribution in [3.8, 4) is 0 Å². The first-order valence-electron chi connectivity index (χ1n) is 6.02. The molecule has 0 radical (unpaired) electrons. The minimum atomic E-state index is -0.420. The molecule has 0 aliphatic carbocycles. The number of nitrogen functional groups attached to an aromatic ring is 1. The highest BCUT2D eigenvalue weighted by atomic mass is 35.5. The molecule has 0 saturated carbocycles. The predicted molar refractivity (Wildman–Crippen MR) is 81.7 cm³/mol. The molecule has 20 heavy (non-hydrogen) atoms. The lowest BCUT2D eigenvalue weighted by Gasteiger charge is -2.12. The third-order valence-corrected chi connectivity index (χ3v) is 3.18. The van der Waals surface area contributed by atoms with Crippen molar-refractivity contribution in [2.24, 2.45) is 0 Å². The van der Waals surface area contributed by atoms with Gasteiger partial charge in [0.05, 0.1) is 34.8 Å². The molecule has 0 spiro atoms. The number of methoxy groups -OCH3 is 1. The molecule has 0 bridgehead atoms. The highest BCUT2D eigenvalue weighted by molar-refractivity contribution is 6.33. The third-order valence-electron chi connectivity index (χ3n) is 2.87. The molecule has 104 valence electrons. The van der Waals surface area contributed by atoms with Gasteiger partial charge in [0, 0.05) is 0 Å². The van der Waals surface area contributed by atoms with Crippen molar-refractivity contribution in [1.82, 2.24) is 0 Å². The summed E-state index contributed by atoms with van der Waals surface area (Å²) in [6.07, 6.45) is 0. The monoisotopic (exact) mass is 290 g/mol. The van der Waals surface area contributed by atoms with E-state index >= 15 is 0 Å². The summed E-state index contributed by atoms with van der Waals surface area (Å²) in [5.41, 5.74) is 9.31. The summed E-state index contributed by atoms with van der Waals surface area (Å²) in [7, 11) is 1.33. The molecule has 0 unspecified atom stereocenters. The Bertz CT molecular complexity index is 656. The minimum Gasteiger partial charge on any atom is -0.465 e. The maximum Gasteiger partial charge on any atom is 0.337 e. The highest BCUT2D eigenvalue weighted by Gasteiger charge is 2.09. The second-order valence-corrected chi connectivity index (χ2v) is 4.81. The Balaban J connectivity index is 2.28. The number of hydrogen-bond donors (Lipinski definition) is 2. The van der Waals surface area contributed by atoms with Crippen molar-refractivity contribution < 1.29 is 9.53 Å². The molecule has 2 aromatic carbocycles. The van der Waals surface area contributed by atoms with Gasteiger partial charge >= 0.3 is 5.97 Å². The summed E-state index contributed by atoms with van der Waals surface area (Å²) in [6, 6.07) is 10.6. The van der Waals surface area contributed by atoms with Crippen LogP contribution in [0.15, 0.2) is 36.4 Å². The molecule has 2 aromatic rings. The number of hydrogen-bond acceptors (Lipinski definition) is 4. The molecule has 0 fully saturated rings. The SMILES string of the molecule is COC(=O)c1ccc(Nc2ccc(C)cc2Cl)c(N)c1. The average Bonchev–Trinajstić information content (AvgIpc) is 2.42. The fourth-order valence-electron chi connectivity index (χ4n) is 1.79. The van der Waals surface area contributed by atoms with Crippen LogP contribution in [0.1, 0.15) is 15.9 Å². The lowest BCUT2D eigenvalue weighted by atomic mass is 10.1. The van der Waals surface area contributed by atoms with Gasteiger partial charge in [0.25, 0.3) is 0 Å². The molecule has 0 amide bonds. The van der Waals surface area contributed by atoms with Crippen molar-refractivity contribution in [2.45, 2.75) is 6.92 Å². The molecule has 5 heteroatoms. The molecule has 0 aliphatic heterocycles. The second-order valence-electron chi connectivity index (χ2n) is 4.40. The van der Waals surface area contributed by atoms with Gasteiger partial charge in [-0.05, 0) is 42.8 Å². The van der Waals surface area contributed by atoms with Gasteiger partial charge in [-0.25, -0.2) is 4.79 Å². The van der Waals surface area contributed by atoms with Gasteiger partial charge in [0.2, 0.25) is 0 Å². The van der Waals surface area contributed by atoms with Crippen molar-refractivity contribution in [2.75, 3.05) is 18.2 Å². The summed E-state index contributed by atoms with van der Waals surface area (Å²) < 4.78 is 4.65. The van der Waals surface area contributed by atoms with Gasteiger partial charge in [-0.15, -0.1) is 0 Å². The summed E-state index contributed by atoms with van der Waals surface area (Å²) >= 11 is 6.16. The van der Waals surface area contributed by atoms with Gasteiger partial charge in [-0.1, -0.05) is 17.7 Å². The van der Waals surface area contributed by atoms with E-state index in [1.807, 2.05) is 25.1 Å². The van der Waals surface area contributed by atoms with E-state index in [4.69, 9.17) is 17.3 Å². The van der Waals surface area contributed by atoms with Gasteiger partial charge in [0.1, 0.15) is 0 Å². The molecule has 0 atom stereocenters. The van der Waals surface area contributed by atoms with E-state index in [9.17, 15) is 4.79 Å². The van der Waals surface area contributed by atoms with Gasteiger partial charge in [-0.3, -0.25) is 0 Å². The fourth-order valence-corrected chi connectivity index (χ4v) is 2.07. The molecule has 0 aromatic heterocycles. The molecule has 0 aliphatic rings. The van der Waals surface area contributed by atoms with E-state index in [1.54, 1.807) is 18.2 Å². The van der Waals surface area contributed by atoms with Crippen molar-refractivity contribution in [3.63, 3.8) is 0 Å². The van der Waals surface area contributed by atoms with E-state index in [1.165, 1.54) is 7.11 Å². The van der Waals surface area contributed by atoms with Crippen LogP contribution in [-0.2, 0) is 4.74 Å². The lowest BCUT2D eigenvalue weighted by Crippen LogP contribution is -2.04. The standard InChI is InChI=1S/C15H15ClN2O2/c1-9-3-5-13(11(16)7-9)18-14-6-4-10(8-12(14)17)15(19)20-2/h3-8,18H,17H2,1-2H3. The number of halogens is 1. The molecule has 0 heterocycles. The molecule has 0 saturated heterocycles. The zero-order valence-electron chi connectivity index (χ0n) is 11.2. The number of nitrogens with two attached hydrogens (primary N) is 1. The van der Waals surface area contributed by atoms with Crippen molar-refractivity contribution >= 4 is 34.6 Å². The number of carbonyl (C=O) groups excluding carboxylic acids is 1. The third kappa shape index (κ3) is 3.03. The Labute approximate surface area is 122 Å². The summed E-state index contributed by atoms with van der Waals surface area (Å²) in [4.78, 5) is 11.4. The Morgan fingerprint density at radius 1 is 1.20 bits per heavy atom. The predicted octanol–water partition coefficient (Wildman–Crippen LogP) is 3.76. The normalized spacial score (nSPS) is 10.2. The summed E-state index contributed by atoms with van der Waals surface area (Å²) in [5, 5.41) is 3.76. The lowest BCUT2D eigenvalue weighted by molar-refractivity contribution is 0.0601. The Morgan fingerprint density at radius 3 is 2.50 bits per heavy atom. The molecule has 2 rings (SSSR count). The van der Waals surface area contributed by atoms with Crippen LogP contribution >= 0.6 is 11.6 Å². The van der Waals surface area contributed by atoms with Crippen LogP contribution in [0.5, 0.6) is 0 Å². The Kier molecular flexibility index (Phi) is 4.15. The first kappa shape index (κ1) is 14.2. The smallest absolute Gasteiger partial charge is 0.337 e. The number of esters is 1. The summed E-state index contributed by atoms with van der Waals surface area (Å²) in [6.45, 7) is 1.97. The van der Waals surface area contributed by atoms with E-state index in [0.29, 0.717) is 22.0 Å². The maximum absolute atomic E-state index is 11.4. The molecular formula is C15H15ClN2O2. The molecule has 4 nitrogen and oxygen atoms in total. The quantitative estimate of drug-likeness (QED) is 0.667.